The number of terminal acetylenes is 1. The molecule has 0 aliphatic heterocycles. The van der Waals surface area contributed by atoms with Crippen LogP contribution in [0.2, 0.25) is 0 Å². The molecule has 1 N–H and O–H groups in total. The van der Waals surface area contributed by atoms with Crippen LogP contribution in [0, 0.1) is 19.3 Å². The number of rotatable bonds is 5. The van der Waals surface area contributed by atoms with Crippen LogP contribution in [0.3, 0.4) is 0 Å². The fraction of sp³-hybridized carbons (Fsp3) is 0.500. The van der Waals surface area contributed by atoms with Gasteiger partial charge in [-0.3, -0.25) is 9.48 Å². The number of nitrogens with one attached hydrogen (secondary N) is 1. The second-order valence-corrected chi connectivity index (χ2v) is 3.55. The van der Waals surface area contributed by atoms with Gasteiger partial charge in [-0.25, -0.2) is 0 Å². The topological polar surface area (TPSA) is 46.9 Å². The minimum absolute atomic E-state index is 0.0838. The normalized spacial score (nSPS) is 9.81. The lowest BCUT2D eigenvalue weighted by Crippen LogP contribution is -2.26. The number of carbonyl (C=O) groups is 1. The summed E-state index contributed by atoms with van der Waals surface area (Å²) in [6.07, 6.45) is 6.62. The van der Waals surface area contributed by atoms with Gasteiger partial charge in [-0.05, 0) is 26.3 Å². The molecule has 0 aromatic carbocycles. The van der Waals surface area contributed by atoms with Crippen LogP contribution in [0.15, 0.2) is 6.07 Å². The van der Waals surface area contributed by atoms with E-state index in [2.05, 4.69) is 16.3 Å². The first-order valence-corrected chi connectivity index (χ1v) is 5.45. The van der Waals surface area contributed by atoms with Crippen LogP contribution in [-0.4, -0.2) is 22.2 Å². The van der Waals surface area contributed by atoms with E-state index < -0.39 is 0 Å². The lowest BCUT2D eigenvalue weighted by atomic mass is 10.3. The summed E-state index contributed by atoms with van der Waals surface area (Å²) in [7, 11) is 0. The van der Waals surface area contributed by atoms with Gasteiger partial charge in [-0.15, -0.1) is 12.3 Å². The maximum Gasteiger partial charge on any atom is 0.269 e. The number of unbranched alkanes of at least 4 members (excludes halogenated alkanes) is 1. The summed E-state index contributed by atoms with van der Waals surface area (Å²) < 4.78 is 1.70. The van der Waals surface area contributed by atoms with Crippen molar-refractivity contribution in [3.63, 3.8) is 0 Å². The van der Waals surface area contributed by atoms with Gasteiger partial charge in [0.1, 0.15) is 5.69 Å². The van der Waals surface area contributed by atoms with Crippen LogP contribution >= 0.6 is 0 Å². The van der Waals surface area contributed by atoms with Crippen molar-refractivity contribution in [3.8, 4) is 12.3 Å². The SMILES string of the molecule is C#CCCCNC(=O)c1cc(C)nn1CC. The molecule has 1 amide bonds. The van der Waals surface area contributed by atoms with Crippen molar-refractivity contribution in [2.75, 3.05) is 6.54 Å². The summed E-state index contributed by atoms with van der Waals surface area (Å²) in [4.78, 5) is 11.8. The highest BCUT2D eigenvalue weighted by atomic mass is 16.2. The smallest absolute Gasteiger partial charge is 0.269 e. The Morgan fingerprint density at radius 2 is 2.44 bits per heavy atom. The summed E-state index contributed by atoms with van der Waals surface area (Å²) in [6.45, 7) is 5.14. The summed E-state index contributed by atoms with van der Waals surface area (Å²) in [6, 6.07) is 1.79. The summed E-state index contributed by atoms with van der Waals surface area (Å²) >= 11 is 0. The van der Waals surface area contributed by atoms with Crippen molar-refractivity contribution in [1.29, 1.82) is 0 Å². The molecule has 1 heterocycles. The van der Waals surface area contributed by atoms with Crippen LogP contribution in [0.25, 0.3) is 0 Å². The molecule has 4 nitrogen and oxygen atoms in total. The fourth-order valence-corrected chi connectivity index (χ4v) is 1.45. The largest absolute Gasteiger partial charge is 0.351 e. The Morgan fingerprint density at radius 1 is 1.69 bits per heavy atom. The molecule has 0 saturated heterocycles. The van der Waals surface area contributed by atoms with Gasteiger partial charge >= 0.3 is 0 Å². The van der Waals surface area contributed by atoms with E-state index in [9.17, 15) is 4.79 Å². The molecule has 0 atom stereocenters. The Morgan fingerprint density at radius 3 is 3.06 bits per heavy atom. The molecule has 0 fully saturated rings. The molecule has 86 valence electrons. The van der Waals surface area contributed by atoms with E-state index in [4.69, 9.17) is 6.42 Å². The fourth-order valence-electron chi connectivity index (χ4n) is 1.45. The lowest BCUT2D eigenvalue weighted by molar-refractivity contribution is 0.0942. The van der Waals surface area contributed by atoms with E-state index in [-0.39, 0.29) is 5.91 Å². The summed E-state index contributed by atoms with van der Waals surface area (Å²) in [5.74, 6) is 2.46. The molecule has 16 heavy (non-hydrogen) atoms. The van der Waals surface area contributed by atoms with Gasteiger partial charge in [-0.1, -0.05) is 0 Å². The van der Waals surface area contributed by atoms with Gasteiger partial charge in [-0.2, -0.15) is 5.10 Å². The van der Waals surface area contributed by atoms with E-state index >= 15 is 0 Å². The Kier molecular flexibility index (Phi) is 4.59. The number of amides is 1. The molecule has 1 aromatic heterocycles. The molecule has 1 aromatic rings. The molecular formula is C12H17N3O. The average Bonchev–Trinajstić information content (AvgIpc) is 2.65. The zero-order valence-corrected chi connectivity index (χ0v) is 9.79. The lowest BCUT2D eigenvalue weighted by Gasteiger charge is -2.05. The molecule has 0 bridgehead atoms. The number of carbonyl (C=O) groups excluding carboxylic acids is 1. The highest BCUT2D eigenvalue weighted by Gasteiger charge is 2.11. The highest BCUT2D eigenvalue weighted by Crippen LogP contribution is 2.03. The third-order valence-corrected chi connectivity index (χ3v) is 2.22. The Bertz CT molecular complexity index is 401. The van der Waals surface area contributed by atoms with Gasteiger partial charge in [0.15, 0.2) is 0 Å². The van der Waals surface area contributed by atoms with Crippen molar-refractivity contribution in [1.82, 2.24) is 15.1 Å². The van der Waals surface area contributed by atoms with Crippen LogP contribution in [0.1, 0.15) is 35.9 Å². The van der Waals surface area contributed by atoms with Gasteiger partial charge in [0.05, 0.1) is 5.69 Å². The first kappa shape index (κ1) is 12.3. The average molecular weight is 219 g/mol. The Hall–Kier alpha value is -1.76. The van der Waals surface area contributed by atoms with Crippen molar-refractivity contribution in [3.05, 3.63) is 17.5 Å². The van der Waals surface area contributed by atoms with Crippen molar-refractivity contribution < 1.29 is 4.79 Å². The maximum absolute atomic E-state index is 11.8. The maximum atomic E-state index is 11.8. The third-order valence-electron chi connectivity index (χ3n) is 2.22. The molecule has 0 spiro atoms. The van der Waals surface area contributed by atoms with Gasteiger partial charge in [0, 0.05) is 19.5 Å². The highest BCUT2D eigenvalue weighted by molar-refractivity contribution is 5.92. The number of nitrogens with zero attached hydrogens (tertiary/aromatic N) is 2. The molecule has 4 heteroatoms. The molecule has 0 aliphatic rings. The number of aryl methyl sites for hydroxylation is 2. The van der Waals surface area contributed by atoms with Crippen molar-refractivity contribution >= 4 is 5.91 Å². The summed E-state index contributed by atoms with van der Waals surface area (Å²) in [5, 5.41) is 7.04. The van der Waals surface area contributed by atoms with Crippen LogP contribution in [-0.2, 0) is 6.54 Å². The summed E-state index contributed by atoms with van der Waals surface area (Å²) in [5.41, 5.74) is 1.47. The molecule has 0 unspecified atom stereocenters. The van der Waals surface area contributed by atoms with Crippen molar-refractivity contribution in [2.24, 2.45) is 0 Å². The first-order valence-electron chi connectivity index (χ1n) is 5.45. The van der Waals surface area contributed by atoms with E-state index in [1.54, 1.807) is 10.7 Å². The minimum atomic E-state index is -0.0838. The third kappa shape index (κ3) is 3.13. The molecule has 1 rings (SSSR count). The van der Waals surface area contributed by atoms with E-state index in [1.165, 1.54) is 0 Å². The quantitative estimate of drug-likeness (QED) is 0.600. The molecular weight excluding hydrogens is 202 g/mol. The second-order valence-electron chi connectivity index (χ2n) is 3.55. The Balaban J connectivity index is 2.55. The predicted octanol–water partition coefficient (Wildman–Crippen LogP) is 1.35. The molecule has 0 radical (unpaired) electrons. The van der Waals surface area contributed by atoms with E-state index in [0.29, 0.717) is 25.2 Å². The standard InChI is InChI=1S/C12H17N3O/c1-4-6-7-8-13-12(16)11-9-10(3)14-15(11)5-2/h1,9H,5-8H2,2-3H3,(H,13,16). The minimum Gasteiger partial charge on any atom is -0.351 e. The number of aromatic nitrogens is 2. The van der Waals surface area contributed by atoms with Gasteiger partial charge < -0.3 is 5.32 Å². The van der Waals surface area contributed by atoms with E-state index in [0.717, 1.165) is 12.1 Å². The van der Waals surface area contributed by atoms with Crippen LogP contribution < -0.4 is 5.32 Å². The van der Waals surface area contributed by atoms with Gasteiger partial charge in [0.25, 0.3) is 5.91 Å². The first-order chi connectivity index (χ1) is 7.69. The molecule has 0 aliphatic carbocycles. The number of hydrogen-bond donors (Lipinski definition) is 1. The van der Waals surface area contributed by atoms with Crippen LogP contribution in [0.5, 0.6) is 0 Å². The second kappa shape index (κ2) is 5.96. The number of hydrogen-bond acceptors (Lipinski definition) is 2. The van der Waals surface area contributed by atoms with Crippen LogP contribution in [0.4, 0.5) is 0 Å². The van der Waals surface area contributed by atoms with Crippen molar-refractivity contribution in [2.45, 2.75) is 33.2 Å². The van der Waals surface area contributed by atoms with Gasteiger partial charge in [0.2, 0.25) is 0 Å². The Labute approximate surface area is 96.0 Å². The zero-order chi connectivity index (χ0) is 12.0. The zero-order valence-electron chi connectivity index (χ0n) is 9.79. The predicted molar refractivity (Wildman–Crippen MR) is 63.0 cm³/mol. The molecule has 0 saturated carbocycles. The monoisotopic (exact) mass is 219 g/mol. The van der Waals surface area contributed by atoms with E-state index in [1.807, 2.05) is 13.8 Å².